The Balaban J connectivity index is 2.49. The fourth-order valence-electron chi connectivity index (χ4n) is 2.25. The van der Waals surface area contributed by atoms with E-state index in [2.05, 4.69) is 18.8 Å². The third-order valence-corrected chi connectivity index (χ3v) is 4.14. The number of nitrogens with zero attached hydrogens (tertiary/aromatic N) is 1. The Labute approximate surface area is 112 Å². The van der Waals surface area contributed by atoms with Gasteiger partial charge in [-0.2, -0.15) is 0 Å². The number of hydrogen-bond donors (Lipinski definition) is 0. The van der Waals surface area contributed by atoms with E-state index in [1.165, 1.54) is 5.57 Å². The lowest BCUT2D eigenvalue weighted by Gasteiger charge is -2.25. The molecule has 1 aliphatic rings. The van der Waals surface area contributed by atoms with Gasteiger partial charge in [-0.25, -0.2) is 0 Å². The molecular weight excluding hydrogens is 253 g/mol. The van der Waals surface area contributed by atoms with Gasteiger partial charge >= 0.3 is 0 Å². The quantitative estimate of drug-likeness (QED) is 0.660. The molecule has 1 aromatic carbocycles. The van der Waals surface area contributed by atoms with Gasteiger partial charge in [-0.3, -0.25) is 4.99 Å². The van der Waals surface area contributed by atoms with Gasteiger partial charge in [-0.05, 0) is 44.4 Å². The van der Waals surface area contributed by atoms with Crippen LogP contribution in [0.25, 0.3) is 0 Å². The number of aliphatic imine (C=N–C) groups is 1. The van der Waals surface area contributed by atoms with E-state index in [1.807, 2.05) is 25.1 Å². The SMILES string of the molecule is CC1=NC(C)=C(C)C(c2cccc(Cl)c2Cl)C1. The summed E-state index contributed by atoms with van der Waals surface area (Å²) >= 11 is 12.4. The lowest BCUT2D eigenvalue weighted by molar-refractivity contribution is 0.791. The molecule has 3 heteroatoms. The van der Waals surface area contributed by atoms with Crippen LogP contribution in [-0.2, 0) is 0 Å². The molecule has 0 aromatic heterocycles. The molecule has 0 fully saturated rings. The molecule has 1 unspecified atom stereocenters. The molecular formula is C14H15Cl2N. The van der Waals surface area contributed by atoms with Crippen LogP contribution in [0.2, 0.25) is 10.0 Å². The van der Waals surface area contributed by atoms with Gasteiger partial charge in [0.1, 0.15) is 0 Å². The van der Waals surface area contributed by atoms with Gasteiger partial charge in [0.05, 0.1) is 10.0 Å². The van der Waals surface area contributed by atoms with Crippen molar-refractivity contribution < 1.29 is 0 Å². The van der Waals surface area contributed by atoms with E-state index in [9.17, 15) is 0 Å². The molecule has 0 saturated carbocycles. The molecule has 0 amide bonds. The molecule has 2 rings (SSSR count). The maximum atomic E-state index is 6.29. The van der Waals surface area contributed by atoms with Crippen LogP contribution in [0, 0.1) is 0 Å². The van der Waals surface area contributed by atoms with E-state index >= 15 is 0 Å². The van der Waals surface area contributed by atoms with Gasteiger partial charge in [-0.15, -0.1) is 0 Å². The predicted octanol–water partition coefficient (Wildman–Crippen LogP) is 5.24. The standard InChI is InChI=1S/C14H15Cl2N/c1-8-7-12(9(2)10(3)17-8)11-5-4-6-13(15)14(11)16/h4-6,12H,7H2,1-3H3. The second-order valence-corrected chi connectivity index (χ2v) is 5.30. The number of rotatable bonds is 1. The monoisotopic (exact) mass is 267 g/mol. The maximum Gasteiger partial charge on any atom is 0.0630 e. The molecule has 0 saturated heterocycles. The van der Waals surface area contributed by atoms with E-state index in [0.29, 0.717) is 16.0 Å². The summed E-state index contributed by atoms with van der Waals surface area (Å²) in [6, 6.07) is 5.82. The highest BCUT2D eigenvalue weighted by atomic mass is 35.5. The largest absolute Gasteiger partial charge is 0.263 e. The van der Waals surface area contributed by atoms with Crippen molar-refractivity contribution in [2.75, 3.05) is 0 Å². The molecule has 1 aromatic rings. The first-order chi connectivity index (χ1) is 8.00. The van der Waals surface area contributed by atoms with E-state index in [-0.39, 0.29) is 0 Å². The van der Waals surface area contributed by atoms with Crippen LogP contribution in [-0.4, -0.2) is 5.71 Å². The predicted molar refractivity (Wildman–Crippen MR) is 75.3 cm³/mol. The van der Waals surface area contributed by atoms with E-state index in [0.717, 1.165) is 23.4 Å². The van der Waals surface area contributed by atoms with Crippen LogP contribution in [0.15, 0.2) is 34.5 Å². The summed E-state index contributed by atoms with van der Waals surface area (Å²) in [5.74, 6) is 0.304. The zero-order valence-electron chi connectivity index (χ0n) is 10.2. The smallest absolute Gasteiger partial charge is 0.0630 e. The van der Waals surface area contributed by atoms with Crippen molar-refractivity contribution in [2.45, 2.75) is 33.1 Å². The number of halogens is 2. The molecule has 90 valence electrons. The van der Waals surface area contributed by atoms with Crippen LogP contribution in [0.4, 0.5) is 0 Å². The van der Waals surface area contributed by atoms with Crippen LogP contribution >= 0.6 is 23.2 Å². The number of allylic oxidation sites excluding steroid dienone is 2. The molecule has 17 heavy (non-hydrogen) atoms. The summed E-state index contributed by atoms with van der Waals surface area (Å²) in [4.78, 5) is 4.51. The molecule has 0 bridgehead atoms. The van der Waals surface area contributed by atoms with Crippen LogP contribution < -0.4 is 0 Å². The fourth-order valence-corrected chi connectivity index (χ4v) is 2.69. The van der Waals surface area contributed by atoms with Crippen LogP contribution in [0.3, 0.4) is 0 Å². The Morgan fingerprint density at radius 2 is 1.88 bits per heavy atom. The summed E-state index contributed by atoms with van der Waals surface area (Å²) in [6.07, 6.45) is 0.920. The van der Waals surface area contributed by atoms with Crippen molar-refractivity contribution >= 4 is 28.9 Å². The first kappa shape index (κ1) is 12.7. The van der Waals surface area contributed by atoms with Gasteiger partial charge in [0.2, 0.25) is 0 Å². The molecule has 0 spiro atoms. The molecule has 1 aliphatic heterocycles. The Kier molecular flexibility index (Phi) is 3.60. The second kappa shape index (κ2) is 4.83. The van der Waals surface area contributed by atoms with Gasteiger partial charge < -0.3 is 0 Å². The molecule has 0 N–H and O–H groups in total. The van der Waals surface area contributed by atoms with E-state index in [4.69, 9.17) is 23.2 Å². The minimum absolute atomic E-state index is 0.304. The maximum absolute atomic E-state index is 6.29. The third kappa shape index (κ3) is 2.41. The molecule has 1 nitrogen and oxygen atoms in total. The highest BCUT2D eigenvalue weighted by Gasteiger charge is 2.23. The van der Waals surface area contributed by atoms with Crippen molar-refractivity contribution in [1.29, 1.82) is 0 Å². The molecule has 1 heterocycles. The Hall–Kier alpha value is -0.790. The van der Waals surface area contributed by atoms with Crippen molar-refractivity contribution in [3.05, 3.63) is 45.1 Å². The summed E-state index contributed by atoms with van der Waals surface area (Å²) in [5, 5.41) is 1.29. The van der Waals surface area contributed by atoms with Crippen molar-refractivity contribution in [3.8, 4) is 0 Å². The van der Waals surface area contributed by atoms with Gasteiger partial charge in [0, 0.05) is 17.3 Å². The third-order valence-electron chi connectivity index (χ3n) is 3.31. The van der Waals surface area contributed by atoms with Crippen molar-refractivity contribution in [2.24, 2.45) is 4.99 Å². The van der Waals surface area contributed by atoms with Gasteiger partial charge in [0.15, 0.2) is 0 Å². The zero-order chi connectivity index (χ0) is 12.6. The fraction of sp³-hybridized carbons (Fsp3) is 0.357. The molecule has 0 aliphatic carbocycles. The second-order valence-electron chi connectivity index (χ2n) is 4.52. The van der Waals surface area contributed by atoms with Gasteiger partial charge in [0.25, 0.3) is 0 Å². The first-order valence-electron chi connectivity index (χ1n) is 5.66. The summed E-state index contributed by atoms with van der Waals surface area (Å²) < 4.78 is 0. The molecule has 1 atom stereocenters. The normalized spacial score (nSPS) is 20.5. The Morgan fingerprint density at radius 3 is 2.59 bits per heavy atom. The minimum atomic E-state index is 0.304. The van der Waals surface area contributed by atoms with Gasteiger partial charge in [-0.1, -0.05) is 35.3 Å². The van der Waals surface area contributed by atoms with E-state index < -0.39 is 0 Å². The topological polar surface area (TPSA) is 12.4 Å². The van der Waals surface area contributed by atoms with Crippen LogP contribution in [0.1, 0.15) is 38.7 Å². The van der Waals surface area contributed by atoms with Crippen LogP contribution in [0.5, 0.6) is 0 Å². The highest BCUT2D eigenvalue weighted by Crippen LogP contribution is 2.39. The highest BCUT2D eigenvalue weighted by molar-refractivity contribution is 6.42. The van der Waals surface area contributed by atoms with Crippen molar-refractivity contribution in [1.82, 2.24) is 0 Å². The number of benzene rings is 1. The van der Waals surface area contributed by atoms with Crippen molar-refractivity contribution in [3.63, 3.8) is 0 Å². The Morgan fingerprint density at radius 1 is 1.18 bits per heavy atom. The summed E-state index contributed by atoms with van der Waals surface area (Å²) in [7, 11) is 0. The first-order valence-corrected chi connectivity index (χ1v) is 6.41. The molecule has 0 radical (unpaired) electrons. The Bertz CT molecular complexity index is 515. The zero-order valence-corrected chi connectivity index (χ0v) is 11.7. The average Bonchev–Trinajstić information content (AvgIpc) is 2.27. The summed E-state index contributed by atoms with van der Waals surface area (Å²) in [6.45, 7) is 6.22. The number of hydrogen-bond acceptors (Lipinski definition) is 1. The minimum Gasteiger partial charge on any atom is -0.263 e. The lowest BCUT2D eigenvalue weighted by Crippen LogP contribution is -2.12. The van der Waals surface area contributed by atoms with E-state index in [1.54, 1.807) is 0 Å². The lowest BCUT2D eigenvalue weighted by atomic mass is 9.85. The summed E-state index contributed by atoms with van der Waals surface area (Å²) in [5.41, 5.74) is 4.62. The average molecular weight is 268 g/mol.